The number of hydrogen-bond acceptors (Lipinski definition) is 4. The fraction of sp³-hybridized carbons (Fsp3) is 0.556. The molecule has 80 valence electrons. The van der Waals surface area contributed by atoms with Crippen LogP contribution >= 0.6 is 0 Å². The summed E-state index contributed by atoms with van der Waals surface area (Å²) in [4.78, 5) is 20.2. The van der Waals surface area contributed by atoms with Gasteiger partial charge >= 0.3 is 12.1 Å². The van der Waals surface area contributed by atoms with E-state index in [1.165, 1.54) is 6.92 Å². The molecule has 5 nitrogen and oxygen atoms in total. The van der Waals surface area contributed by atoms with Gasteiger partial charge in [-0.1, -0.05) is 12.2 Å². The lowest BCUT2D eigenvalue weighted by molar-refractivity contribution is -0.140. The van der Waals surface area contributed by atoms with Gasteiger partial charge in [0.25, 0.3) is 0 Å². The van der Waals surface area contributed by atoms with Crippen LogP contribution in [0.2, 0.25) is 0 Å². The molecule has 0 unspecified atom stereocenters. The molecule has 5 heteroatoms. The Labute approximate surface area is 82.3 Å². The topological polar surface area (TPSA) is 72.8 Å². The maximum atomic E-state index is 10.3. The molecule has 0 rings (SSSR count). The van der Waals surface area contributed by atoms with Crippen LogP contribution in [0.25, 0.3) is 0 Å². The second kappa shape index (κ2) is 8.10. The molecule has 0 aromatic carbocycles. The molecule has 0 bridgehead atoms. The van der Waals surface area contributed by atoms with E-state index >= 15 is 0 Å². The van der Waals surface area contributed by atoms with E-state index in [0.29, 0.717) is 19.4 Å². The van der Waals surface area contributed by atoms with E-state index < -0.39 is 6.16 Å². The molecule has 1 N–H and O–H groups in total. The van der Waals surface area contributed by atoms with Crippen LogP contribution < -0.4 is 0 Å². The zero-order valence-electron chi connectivity index (χ0n) is 8.06. The summed E-state index contributed by atoms with van der Waals surface area (Å²) in [5.74, 6) is -0.299. The minimum atomic E-state index is -1.27. The van der Waals surface area contributed by atoms with Crippen LogP contribution in [0.3, 0.4) is 0 Å². The number of rotatable bonds is 6. The van der Waals surface area contributed by atoms with Gasteiger partial charge in [0.15, 0.2) is 0 Å². The summed E-state index contributed by atoms with van der Waals surface area (Å²) in [6, 6.07) is 0. The fourth-order valence-corrected chi connectivity index (χ4v) is 0.721. The summed E-state index contributed by atoms with van der Waals surface area (Å²) < 4.78 is 8.94. The Morgan fingerprint density at radius 1 is 1.14 bits per heavy atom. The standard InChI is InChI=1S/C9H14O5/c1-8(10)13-6-4-2-3-5-7-14-9(11)12/h2-3H,4-7H2,1H3,(H,11,12). The summed E-state index contributed by atoms with van der Waals surface area (Å²) in [5.41, 5.74) is 0. The number of esters is 1. The highest BCUT2D eigenvalue weighted by Gasteiger charge is 1.92. The first-order valence-electron chi connectivity index (χ1n) is 4.27. The molecule has 14 heavy (non-hydrogen) atoms. The molecule has 0 aromatic heterocycles. The van der Waals surface area contributed by atoms with Crippen LogP contribution in [0.5, 0.6) is 0 Å². The lowest BCUT2D eigenvalue weighted by Crippen LogP contribution is -2.00. The van der Waals surface area contributed by atoms with E-state index in [1.807, 2.05) is 6.08 Å². The Morgan fingerprint density at radius 2 is 1.64 bits per heavy atom. The van der Waals surface area contributed by atoms with Crippen molar-refractivity contribution in [1.82, 2.24) is 0 Å². The molecule has 0 fully saturated rings. The molecule has 0 amide bonds. The zero-order chi connectivity index (χ0) is 10.8. The van der Waals surface area contributed by atoms with Crippen molar-refractivity contribution >= 4 is 12.1 Å². The Hall–Kier alpha value is -1.52. The smallest absolute Gasteiger partial charge is 0.466 e. The molecule has 0 saturated carbocycles. The van der Waals surface area contributed by atoms with Crippen LogP contribution in [0.15, 0.2) is 12.2 Å². The lowest BCUT2D eigenvalue weighted by atomic mass is 10.3. The van der Waals surface area contributed by atoms with Crippen LogP contribution in [0.4, 0.5) is 4.79 Å². The van der Waals surface area contributed by atoms with E-state index in [1.54, 1.807) is 6.08 Å². The fourth-order valence-electron chi connectivity index (χ4n) is 0.721. The van der Waals surface area contributed by atoms with Gasteiger partial charge in [-0.2, -0.15) is 0 Å². The molecular formula is C9H14O5. The largest absolute Gasteiger partial charge is 0.505 e. The van der Waals surface area contributed by atoms with Gasteiger partial charge < -0.3 is 14.6 Å². The third-order valence-electron chi connectivity index (χ3n) is 1.27. The van der Waals surface area contributed by atoms with Gasteiger partial charge in [0.2, 0.25) is 0 Å². The quantitative estimate of drug-likeness (QED) is 0.402. The van der Waals surface area contributed by atoms with E-state index in [-0.39, 0.29) is 12.6 Å². The molecule has 0 atom stereocenters. The van der Waals surface area contributed by atoms with E-state index in [4.69, 9.17) is 5.11 Å². The van der Waals surface area contributed by atoms with Crippen molar-refractivity contribution in [3.63, 3.8) is 0 Å². The molecule has 0 heterocycles. The first-order chi connectivity index (χ1) is 6.63. The maximum absolute atomic E-state index is 10.3. The maximum Gasteiger partial charge on any atom is 0.505 e. The van der Waals surface area contributed by atoms with Crippen molar-refractivity contribution in [2.75, 3.05) is 13.2 Å². The van der Waals surface area contributed by atoms with Crippen molar-refractivity contribution in [2.24, 2.45) is 0 Å². The van der Waals surface area contributed by atoms with Crippen molar-refractivity contribution in [2.45, 2.75) is 19.8 Å². The van der Waals surface area contributed by atoms with Gasteiger partial charge in [0, 0.05) is 6.92 Å². The first-order valence-corrected chi connectivity index (χ1v) is 4.27. The van der Waals surface area contributed by atoms with Crippen molar-refractivity contribution < 1.29 is 24.2 Å². The Kier molecular flexibility index (Phi) is 7.22. The normalized spacial score (nSPS) is 10.1. The lowest BCUT2D eigenvalue weighted by Gasteiger charge is -1.97. The summed E-state index contributed by atoms with van der Waals surface area (Å²) in [6.07, 6.45) is 3.50. The van der Waals surface area contributed by atoms with Gasteiger partial charge in [-0.05, 0) is 12.8 Å². The first kappa shape index (κ1) is 12.5. The van der Waals surface area contributed by atoms with Crippen LogP contribution in [0.1, 0.15) is 19.8 Å². The van der Waals surface area contributed by atoms with E-state index in [0.717, 1.165) is 0 Å². The van der Waals surface area contributed by atoms with Crippen molar-refractivity contribution in [3.05, 3.63) is 12.2 Å². The Bertz CT molecular complexity index is 187. The summed E-state index contributed by atoms with van der Waals surface area (Å²) in [5, 5.41) is 8.11. The number of ether oxygens (including phenoxy) is 2. The average Bonchev–Trinajstić information content (AvgIpc) is 2.08. The van der Waals surface area contributed by atoms with Crippen molar-refractivity contribution in [1.29, 1.82) is 0 Å². The number of carboxylic acid groups (broad SMARTS) is 1. The minimum absolute atomic E-state index is 0.152. The molecule has 0 aliphatic heterocycles. The minimum Gasteiger partial charge on any atom is -0.466 e. The molecule has 0 spiro atoms. The number of hydrogen-bond donors (Lipinski definition) is 1. The van der Waals surface area contributed by atoms with Crippen LogP contribution in [-0.2, 0) is 14.3 Å². The molecule has 0 radical (unpaired) electrons. The summed E-state index contributed by atoms with van der Waals surface area (Å²) >= 11 is 0. The van der Waals surface area contributed by atoms with Gasteiger partial charge in [-0.15, -0.1) is 0 Å². The molecule has 0 aliphatic carbocycles. The third-order valence-corrected chi connectivity index (χ3v) is 1.27. The highest BCUT2D eigenvalue weighted by atomic mass is 16.7. The van der Waals surface area contributed by atoms with Gasteiger partial charge in [0.1, 0.15) is 0 Å². The average molecular weight is 202 g/mol. The van der Waals surface area contributed by atoms with Gasteiger partial charge in [-0.3, -0.25) is 4.79 Å². The van der Waals surface area contributed by atoms with Crippen molar-refractivity contribution in [3.8, 4) is 0 Å². The highest BCUT2D eigenvalue weighted by Crippen LogP contribution is 1.90. The summed E-state index contributed by atoms with van der Waals surface area (Å²) in [6.45, 7) is 1.86. The predicted octanol–water partition coefficient (Wildman–Crippen LogP) is 1.58. The SMILES string of the molecule is CC(=O)OCCC=CCCOC(=O)O. The second-order valence-corrected chi connectivity index (χ2v) is 2.50. The zero-order valence-corrected chi connectivity index (χ0v) is 8.06. The van der Waals surface area contributed by atoms with Crippen LogP contribution in [0, 0.1) is 0 Å². The Morgan fingerprint density at radius 3 is 2.07 bits per heavy atom. The van der Waals surface area contributed by atoms with Crippen LogP contribution in [-0.4, -0.2) is 30.4 Å². The van der Waals surface area contributed by atoms with E-state index in [9.17, 15) is 9.59 Å². The van der Waals surface area contributed by atoms with Gasteiger partial charge in [-0.25, -0.2) is 4.79 Å². The van der Waals surface area contributed by atoms with E-state index in [2.05, 4.69) is 9.47 Å². The number of carbonyl (C=O) groups excluding carboxylic acids is 1. The second-order valence-electron chi connectivity index (χ2n) is 2.50. The molecule has 0 aliphatic rings. The monoisotopic (exact) mass is 202 g/mol. The number of carbonyl (C=O) groups is 2. The molecule has 0 saturated heterocycles. The predicted molar refractivity (Wildman–Crippen MR) is 49.0 cm³/mol. The molecule has 0 aromatic rings. The third kappa shape index (κ3) is 10.5. The summed E-state index contributed by atoms with van der Waals surface area (Å²) in [7, 11) is 0. The Balaban J connectivity index is 3.19. The van der Waals surface area contributed by atoms with Gasteiger partial charge in [0.05, 0.1) is 13.2 Å². The highest BCUT2D eigenvalue weighted by molar-refractivity contribution is 5.65. The molecular weight excluding hydrogens is 188 g/mol.